The zero-order chi connectivity index (χ0) is 19.7. The van der Waals surface area contributed by atoms with Crippen molar-refractivity contribution in [1.29, 1.82) is 0 Å². The molecule has 0 aliphatic carbocycles. The number of hydrogen-bond acceptors (Lipinski definition) is 5. The van der Waals surface area contributed by atoms with E-state index in [1.54, 1.807) is 12.1 Å². The Morgan fingerprint density at radius 1 is 1.22 bits per heavy atom. The molecule has 1 aromatic heterocycles. The van der Waals surface area contributed by atoms with Gasteiger partial charge in [-0.05, 0) is 35.4 Å². The van der Waals surface area contributed by atoms with Gasteiger partial charge in [-0.2, -0.15) is 0 Å². The van der Waals surface area contributed by atoms with Crippen molar-refractivity contribution in [1.82, 2.24) is 10.3 Å². The number of hydrogen-bond donors (Lipinski definition) is 1. The zero-order valence-corrected chi connectivity index (χ0v) is 15.4. The van der Waals surface area contributed by atoms with Crippen LogP contribution >= 0.6 is 23.2 Å². The van der Waals surface area contributed by atoms with Crippen LogP contribution < -0.4 is 10.4 Å². The highest BCUT2D eigenvalue weighted by molar-refractivity contribution is 6.35. The molecule has 1 atom stereocenters. The maximum absolute atomic E-state index is 13.0. The van der Waals surface area contributed by atoms with Crippen LogP contribution in [0, 0.1) is 10.1 Å². The van der Waals surface area contributed by atoms with Crippen molar-refractivity contribution < 1.29 is 14.8 Å². The van der Waals surface area contributed by atoms with Crippen molar-refractivity contribution >= 4 is 45.7 Å². The van der Waals surface area contributed by atoms with E-state index in [1.165, 1.54) is 31.3 Å². The number of rotatable bonds is 4. The second kappa shape index (κ2) is 7.38. The van der Waals surface area contributed by atoms with E-state index in [9.17, 15) is 20.0 Å². The van der Waals surface area contributed by atoms with Gasteiger partial charge in [0.1, 0.15) is 0 Å². The molecule has 1 N–H and O–H groups in total. The van der Waals surface area contributed by atoms with E-state index in [0.717, 1.165) is 6.07 Å². The Labute approximate surface area is 163 Å². The van der Waals surface area contributed by atoms with Crippen LogP contribution in [0.2, 0.25) is 10.0 Å². The summed E-state index contributed by atoms with van der Waals surface area (Å²) in [6.07, 6.45) is 1.37. The molecule has 3 rings (SSSR count). The molecular formula is C18H12Cl2N3O4-. The van der Waals surface area contributed by atoms with Gasteiger partial charge in [0.05, 0.1) is 21.9 Å². The standard InChI is InChI=1S/C18H13Cl2N3O4/c1-9(24)22-16(11-5-4-10(19)7-14(11)20)13-8-15(23(26)27)12-3-2-6-21-17(12)18(13)25/h2-8,16,25H,1H3,(H,22,24)/p-1/t16-/m0/s1. The summed E-state index contributed by atoms with van der Waals surface area (Å²) < 4.78 is 0. The molecule has 0 aliphatic rings. The Kier molecular flexibility index (Phi) is 5.16. The number of benzene rings is 2. The third kappa shape index (κ3) is 3.65. The topological polar surface area (TPSA) is 108 Å². The first-order chi connectivity index (χ1) is 12.8. The van der Waals surface area contributed by atoms with Crippen LogP contribution in [0.1, 0.15) is 24.1 Å². The number of nitrogens with one attached hydrogen (secondary N) is 1. The smallest absolute Gasteiger partial charge is 0.279 e. The van der Waals surface area contributed by atoms with Crippen molar-refractivity contribution in [2.24, 2.45) is 0 Å². The maximum atomic E-state index is 13.0. The number of carbonyl (C=O) groups excluding carboxylic acids is 1. The summed E-state index contributed by atoms with van der Waals surface area (Å²) in [5, 5.41) is 27.8. The summed E-state index contributed by atoms with van der Waals surface area (Å²) in [4.78, 5) is 26.7. The highest BCUT2D eigenvalue weighted by atomic mass is 35.5. The monoisotopic (exact) mass is 404 g/mol. The number of nitrogens with zero attached hydrogens (tertiary/aromatic N) is 2. The molecule has 0 spiro atoms. The van der Waals surface area contributed by atoms with Crippen LogP contribution in [0.15, 0.2) is 42.6 Å². The van der Waals surface area contributed by atoms with E-state index in [-0.39, 0.29) is 27.2 Å². The number of nitro benzene ring substituents is 1. The molecule has 138 valence electrons. The molecular weight excluding hydrogens is 393 g/mol. The van der Waals surface area contributed by atoms with Crippen LogP contribution in [-0.4, -0.2) is 15.8 Å². The number of carbonyl (C=O) groups is 1. The van der Waals surface area contributed by atoms with E-state index >= 15 is 0 Å². The van der Waals surface area contributed by atoms with Crippen LogP contribution in [0.25, 0.3) is 10.9 Å². The summed E-state index contributed by atoms with van der Waals surface area (Å²) in [7, 11) is 0. The van der Waals surface area contributed by atoms with Gasteiger partial charge in [0.25, 0.3) is 5.69 Å². The highest BCUT2D eigenvalue weighted by Crippen LogP contribution is 2.39. The number of halogens is 2. The van der Waals surface area contributed by atoms with E-state index in [0.29, 0.717) is 10.6 Å². The molecule has 3 aromatic rings. The first-order valence-corrected chi connectivity index (χ1v) is 8.50. The van der Waals surface area contributed by atoms with Crippen molar-refractivity contribution in [3.05, 3.63) is 73.9 Å². The van der Waals surface area contributed by atoms with Gasteiger partial charge >= 0.3 is 0 Å². The largest absolute Gasteiger partial charge is 0.871 e. The zero-order valence-electron chi connectivity index (χ0n) is 13.9. The molecule has 0 radical (unpaired) electrons. The lowest BCUT2D eigenvalue weighted by Crippen LogP contribution is -2.28. The molecule has 0 unspecified atom stereocenters. The number of pyridine rings is 1. The van der Waals surface area contributed by atoms with Crippen molar-refractivity contribution in [2.45, 2.75) is 13.0 Å². The highest BCUT2D eigenvalue weighted by Gasteiger charge is 2.24. The molecule has 1 amide bonds. The molecule has 9 heteroatoms. The van der Waals surface area contributed by atoms with Crippen molar-refractivity contribution in [3.63, 3.8) is 0 Å². The Morgan fingerprint density at radius 2 is 1.96 bits per heavy atom. The lowest BCUT2D eigenvalue weighted by Gasteiger charge is -2.26. The molecule has 7 nitrogen and oxygen atoms in total. The van der Waals surface area contributed by atoms with Gasteiger partial charge in [-0.3, -0.25) is 19.9 Å². The van der Waals surface area contributed by atoms with Gasteiger partial charge in [-0.15, -0.1) is 0 Å². The fourth-order valence-electron chi connectivity index (χ4n) is 2.85. The molecule has 0 saturated heterocycles. The maximum Gasteiger partial charge on any atom is 0.279 e. The Bertz CT molecular complexity index is 1070. The molecule has 0 aliphatic heterocycles. The fraction of sp³-hybridized carbons (Fsp3) is 0.111. The van der Waals surface area contributed by atoms with Gasteiger partial charge in [0.15, 0.2) is 0 Å². The van der Waals surface area contributed by atoms with Gasteiger partial charge in [-0.25, -0.2) is 0 Å². The van der Waals surface area contributed by atoms with Crippen LogP contribution in [0.4, 0.5) is 5.69 Å². The van der Waals surface area contributed by atoms with Crippen molar-refractivity contribution in [3.8, 4) is 5.75 Å². The fourth-order valence-corrected chi connectivity index (χ4v) is 3.37. The molecule has 2 aromatic carbocycles. The average molecular weight is 405 g/mol. The molecule has 0 fully saturated rings. The van der Waals surface area contributed by atoms with Crippen LogP contribution in [0.3, 0.4) is 0 Å². The van der Waals surface area contributed by atoms with Gasteiger partial charge in [0, 0.05) is 29.2 Å². The summed E-state index contributed by atoms with van der Waals surface area (Å²) >= 11 is 12.2. The van der Waals surface area contributed by atoms with Crippen molar-refractivity contribution in [2.75, 3.05) is 0 Å². The third-order valence-corrected chi connectivity index (χ3v) is 4.54. The molecule has 27 heavy (non-hydrogen) atoms. The Hall–Kier alpha value is -2.90. The third-order valence-electron chi connectivity index (χ3n) is 3.98. The van der Waals surface area contributed by atoms with E-state index in [4.69, 9.17) is 23.2 Å². The average Bonchev–Trinajstić information content (AvgIpc) is 2.60. The number of fused-ring (bicyclic) bond motifs is 1. The lowest BCUT2D eigenvalue weighted by atomic mass is 9.95. The minimum atomic E-state index is -0.995. The first-order valence-electron chi connectivity index (χ1n) is 7.74. The minimum absolute atomic E-state index is 0.00711. The number of non-ortho nitro benzene ring substituents is 1. The molecule has 0 bridgehead atoms. The van der Waals surface area contributed by atoms with Gasteiger partial charge in [-0.1, -0.05) is 35.0 Å². The van der Waals surface area contributed by atoms with E-state index in [1.807, 2.05) is 0 Å². The number of aromatic nitrogens is 1. The summed E-state index contributed by atoms with van der Waals surface area (Å²) in [5.74, 6) is -0.963. The van der Waals surface area contributed by atoms with E-state index in [2.05, 4.69) is 10.3 Å². The summed E-state index contributed by atoms with van der Waals surface area (Å²) in [6.45, 7) is 1.27. The quantitative estimate of drug-likeness (QED) is 0.525. The lowest BCUT2D eigenvalue weighted by molar-refractivity contribution is -0.383. The van der Waals surface area contributed by atoms with Crippen LogP contribution in [0.5, 0.6) is 5.75 Å². The predicted octanol–water partition coefficient (Wildman–Crippen LogP) is 3.75. The summed E-state index contributed by atoms with van der Waals surface area (Å²) in [5.41, 5.74) is 0.0422. The van der Waals surface area contributed by atoms with Crippen LogP contribution in [-0.2, 0) is 4.79 Å². The second-order valence-electron chi connectivity index (χ2n) is 5.77. The Balaban J connectivity index is 2.32. The van der Waals surface area contributed by atoms with E-state index < -0.39 is 22.6 Å². The number of amides is 1. The first kappa shape index (κ1) is 18.9. The van der Waals surface area contributed by atoms with Gasteiger partial charge < -0.3 is 10.4 Å². The summed E-state index contributed by atoms with van der Waals surface area (Å²) in [6, 6.07) is 7.69. The second-order valence-corrected chi connectivity index (χ2v) is 6.61. The normalized spacial score (nSPS) is 12.0. The molecule has 0 saturated carbocycles. The number of nitro groups is 1. The minimum Gasteiger partial charge on any atom is -0.871 e. The molecule has 1 heterocycles. The SMILES string of the molecule is CC(=O)N[C@@H](c1ccc(Cl)cc1Cl)c1cc([N+](=O)[O-])c2cccnc2c1[O-]. The Morgan fingerprint density at radius 3 is 2.59 bits per heavy atom. The predicted molar refractivity (Wildman–Crippen MR) is 100.0 cm³/mol. The van der Waals surface area contributed by atoms with Gasteiger partial charge in [0.2, 0.25) is 5.91 Å².